The molecule has 0 aliphatic heterocycles. The first-order chi connectivity index (χ1) is 19.7. The van der Waals surface area contributed by atoms with Crippen LogP contribution in [0.3, 0.4) is 0 Å². The molecule has 0 aliphatic rings. The molecule has 0 saturated heterocycles. The third-order valence-corrected chi connectivity index (χ3v) is 7.61. The summed E-state index contributed by atoms with van der Waals surface area (Å²) in [5.41, 5.74) is -0.938. The second-order valence-electron chi connectivity index (χ2n) is 9.53. The van der Waals surface area contributed by atoms with E-state index < -0.39 is 27.5 Å². The highest BCUT2D eigenvalue weighted by molar-refractivity contribution is 7.92. The van der Waals surface area contributed by atoms with Crippen molar-refractivity contribution in [3.63, 3.8) is 0 Å². The van der Waals surface area contributed by atoms with Crippen LogP contribution in [0, 0.1) is 0 Å². The average Bonchev–Trinajstić information content (AvgIpc) is 3.37. The molecular formula is C28H23ClF3N5O4S. The molecule has 0 bridgehead atoms. The molecule has 0 aliphatic carbocycles. The number of pyridine rings is 2. The molecule has 5 rings (SSSR count). The van der Waals surface area contributed by atoms with Gasteiger partial charge in [0.05, 0.1) is 47.7 Å². The maximum Gasteiger partial charge on any atom is 0.433 e. The number of methoxy groups -OCH3 is 1. The van der Waals surface area contributed by atoms with E-state index >= 15 is 0 Å². The van der Waals surface area contributed by atoms with Crippen LogP contribution < -0.4 is 9.46 Å². The van der Waals surface area contributed by atoms with Crippen LogP contribution in [0.2, 0.25) is 5.02 Å². The smallest absolute Gasteiger partial charge is 0.433 e. The van der Waals surface area contributed by atoms with Crippen molar-refractivity contribution in [2.75, 3.05) is 18.1 Å². The summed E-state index contributed by atoms with van der Waals surface area (Å²) in [7, 11) is -0.497. The highest BCUT2D eigenvalue weighted by Crippen LogP contribution is 2.43. The second kappa shape index (κ2) is 10.6. The second-order valence-corrected chi connectivity index (χ2v) is 11.7. The number of rotatable bonds is 7. The first-order valence-electron chi connectivity index (χ1n) is 12.2. The molecule has 0 spiro atoms. The van der Waals surface area contributed by atoms with Gasteiger partial charge in [0.2, 0.25) is 15.9 Å². The largest absolute Gasteiger partial charge is 0.480 e. The Kier molecular flexibility index (Phi) is 7.37. The summed E-state index contributed by atoms with van der Waals surface area (Å²) in [4.78, 5) is 12.2. The molecule has 42 heavy (non-hydrogen) atoms. The molecule has 9 nitrogen and oxygen atoms in total. The number of benzene rings is 2. The van der Waals surface area contributed by atoms with Gasteiger partial charge in [0.1, 0.15) is 5.69 Å². The highest BCUT2D eigenvalue weighted by atomic mass is 35.5. The van der Waals surface area contributed by atoms with Gasteiger partial charge in [-0.15, -0.1) is 0 Å². The molecular weight excluding hydrogens is 595 g/mol. The molecule has 218 valence electrons. The van der Waals surface area contributed by atoms with Gasteiger partial charge in [-0.1, -0.05) is 35.9 Å². The minimum Gasteiger partial charge on any atom is -0.480 e. The molecule has 14 heteroatoms. The maximum atomic E-state index is 13.2. The molecule has 3 aromatic heterocycles. The summed E-state index contributed by atoms with van der Waals surface area (Å²) < 4.78 is 72.8. The lowest BCUT2D eigenvalue weighted by atomic mass is 9.83. The molecule has 3 heterocycles. The Morgan fingerprint density at radius 2 is 1.79 bits per heavy atom. The van der Waals surface area contributed by atoms with Crippen LogP contribution in [0.5, 0.6) is 5.88 Å². The number of fused-ring (bicyclic) bond motifs is 1. The van der Waals surface area contributed by atoms with Crippen LogP contribution >= 0.6 is 11.6 Å². The van der Waals surface area contributed by atoms with Crippen molar-refractivity contribution in [1.29, 1.82) is 0 Å². The van der Waals surface area contributed by atoms with Gasteiger partial charge < -0.3 is 14.4 Å². The minimum absolute atomic E-state index is 0.0656. The number of ether oxygens (including phenoxy) is 1. The summed E-state index contributed by atoms with van der Waals surface area (Å²) in [5.74, 6) is 0.172. The van der Waals surface area contributed by atoms with E-state index in [9.17, 15) is 26.7 Å². The zero-order chi connectivity index (χ0) is 30.4. The number of nitrogens with one attached hydrogen (secondary N) is 1. The fraction of sp³-hybridized carbons (Fsp3) is 0.179. The van der Waals surface area contributed by atoms with Crippen molar-refractivity contribution >= 4 is 38.2 Å². The van der Waals surface area contributed by atoms with Crippen LogP contribution in [0.1, 0.15) is 22.5 Å². The van der Waals surface area contributed by atoms with E-state index in [2.05, 4.69) is 19.7 Å². The molecule has 1 unspecified atom stereocenters. The first-order valence-corrected chi connectivity index (χ1v) is 14.5. The Hall–Kier alpha value is -4.20. The Bertz CT molecular complexity index is 1910. The number of imidazole rings is 1. The molecule has 0 saturated carbocycles. The Balaban J connectivity index is 1.73. The number of hydrogen-bond acceptors (Lipinski definition) is 7. The third-order valence-electron chi connectivity index (χ3n) is 6.61. The van der Waals surface area contributed by atoms with Crippen LogP contribution in [-0.4, -0.2) is 46.4 Å². The molecule has 0 radical (unpaired) electrons. The predicted molar refractivity (Wildman–Crippen MR) is 152 cm³/mol. The van der Waals surface area contributed by atoms with Crippen molar-refractivity contribution in [3.05, 3.63) is 101 Å². The van der Waals surface area contributed by atoms with Crippen LogP contribution in [0.4, 0.5) is 18.9 Å². The number of aryl methyl sites for hydroxylation is 1. The Morgan fingerprint density at radius 1 is 1.05 bits per heavy atom. The minimum atomic E-state index is -4.66. The zero-order valence-corrected chi connectivity index (χ0v) is 23.9. The number of nitrogens with zero attached hydrogens (tertiary/aromatic N) is 4. The van der Waals surface area contributed by atoms with E-state index in [-0.39, 0.29) is 27.7 Å². The van der Waals surface area contributed by atoms with Gasteiger partial charge >= 0.3 is 6.18 Å². The van der Waals surface area contributed by atoms with Gasteiger partial charge in [-0.25, -0.2) is 18.4 Å². The fourth-order valence-electron chi connectivity index (χ4n) is 4.72. The van der Waals surface area contributed by atoms with E-state index in [4.69, 9.17) is 16.3 Å². The normalized spacial score (nSPS) is 13.6. The van der Waals surface area contributed by atoms with Crippen molar-refractivity contribution in [2.24, 2.45) is 7.05 Å². The van der Waals surface area contributed by atoms with E-state index in [1.54, 1.807) is 54.1 Å². The van der Waals surface area contributed by atoms with Crippen molar-refractivity contribution < 1.29 is 31.4 Å². The molecule has 2 aromatic carbocycles. The van der Waals surface area contributed by atoms with E-state index in [0.717, 1.165) is 24.6 Å². The molecule has 0 fully saturated rings. The van der Waals surface area contributed by atoms with Gasteiger partial charge in [-0.3, -0.25) is 9.71 Å². The summed E-state index contributed by atoms with van der Waals surface area (Å²) in [5, 5.41) is 12.8. The topological polar surface area (TPSA) is 119 Å². The van der Waals surface area contributed by atoms with Crippen LogP contribution in [0.15, 0.2) is 73.3 Å². The summed E-state index contributed by atoms with van der Waals surface area (Å²) in [6, 6.07) is 13.2. The van der Waals surface area contributed by atoms with E-state index in [0.29, 0.717) is 27.7 Å². The number of sulfonamides is 1. The molecule has 1 atom stereocenters. The number of anilines is 1. The van der Waals surface area contributed by atoms with Gasteiger partial charge in [0, 0.05) is 29.9 Å². The fourth-order valence-corrected chi connectivity index (χ4v) is 5.62. The lowest BCUT2D eigenvalue weighted by Crippen LogP contribution is -2.31. The molecule has 5 aromatic rings. The standard InChI is InChI=1S/C28H23ClF3N5O4S/c1-37-15-33-14-23(37)27(38,18-8-10-22(34-13-18)28(30,31)32)17-7-9-21-20(12-17)25(29)24(26(35-21)41-2)16-5-4-6-19(11-16)36-42(3,39)40/h4-15,36,38H,1-3H3. The molecule has 2 N–H and O–H groups in total. The average molecular weight is 618 g/mol. The van der Waals surface area contributed by atoms with E-state index in [1.807, 2.05) is 0 Å². The van der Waals surface area contributed by atoms with Crippen LogP contribution in [-0.2, 0) is 28.8 Å². The quantitative estimate of drug-likeness (QED) is 0.252. The third kappa shape index (κ3) is 5.38. The summed E-state index contributed by atoms with van der Waals surface area (Å²) >= 11 is 6.95. The summed E-state index contributed by atoms with van der Waals surface area (Å²) in [6.07, 6.45) is 0.200. The Labute approximate surface area is 243 Å². The van der Waals surface area contributed by atoms with E-state index in [1.165, 1.54) is 19.6 Å². The van der Waals surface area contributed by atoms with Gasteiger partial charge in [0.25, 0.3) is 0 Å². The monoisotopic (exact) mass is 617 g/mol. The lowest BCUT2D eigenvalue weighted by molar-refractivity contribution is -0.141. The predicted octanol–water partition coefficient (Wildman–Crippen LogP) is 5.37. The molecule has 0 amide bonds. The zero-order valence-electron chi connectivity index (χ0n) is 22.3. The number of aliphatic hydroxyl groups is 1. The van der Waals surface area contributed by atoms with Crippen molar-refractivity contribution in [3.8, 4) is 17.0 Å². The van der Waals surface area contributed by atoms with Crippen molar-refractivity contribution in [1.82, 2.24) is 19.5 Å². The van der Waals surface area contributed by atoms with Gasteiger partial charge in [-0.05, 0) is 41.5 Å². The van der Waals surface area contributed by atoms with Crippen LogP contribution in [0.25, 0.3) is 22.0 Å². The van der Waals surface area contributed by atoms with Crippen molar-refractivity contribution in [2.45, 2.75) is 11.8 Å². The lowest BCUT2D eigenvalue weighted by Gasteiger charge is -2.30. The SMILES string of the molecule is COc1nc2ccc(C(O)(c3ccc(C(F)(F)F)nc3)c3cncn3C)cc2c(Cl)c1-c1cccc(NS(C)(=O)=O)c1. The maximum absolute atomic E-state index is 13.2. The van der Waals surface area contributed by atoms with Gasteiger partial charge in [0.15, 0.2) is 5.60 Å². The number of hydrogen-bond donors (Lipinski definition) is 2. The first kappa shape index (κ1) is 29.3. The van der Waals surface area contributed by atoms with Gasteiger partial charge in [-0.2, -0.15) is 13.2 Å². The number of aromatic nitrogens is 4. The number of alkyl halides is 3. The highest BCUT2D eigenvalue weighted by Gasteiger charge is 2.39. The Morgan fingerprint density at radius 3 is 2.38 bits per heavy atom. The summed E-state index contributed by atoms with van der Waals surface area (Å²) in [6.45, 7) is 0. The number of halogens is 4.